The first-order valence-electron chi connectivity index (χ1n) is 9.62. The lowest BCUT2D eigenvalue weighted by atomic mass is 10.1. The van der Waals surface area contributed by atoms with E-state index in [9.17, 15) is 14.7 Å². The summed E-state index contributed by atoms with van der Waals surface area (Å²) in [6, 6.07) is 8.05. The molecule has 0 radical (unpaired) electrons. The zero-order valence-corrected chi connectivity index (χ0v) is 19.9. The molecule has 1 atom stereocenters. The number of hydrogen-bond acceptors (Lipinski definition) is 7. The smallest absolute Gasteiger partial charge is 0.424 e. The Labute approximate surface area is 195 Å². The molecule has 1 saturated heterocycles. The maximum atomic E-state index is 12.3. The molecule has 0 bridgehead atoms. The molecule has 1 heterocycles. The number of carbonyl (C=O) groups excluding carboxylic acids is 2. The molecule has 1 N–H and O–H groups in total. The van der Waals surface area contributed by atoms with Gasteiger partial charge < -0.3 is 14.6 Å². The molecule has 7 nitrogen and oxygen atoms in total. The standard InChI is InChI=1S/C21H27IN2O5S/c1-3-5-19(30-21(27)28-2)9-11-24-20(26)29-13-12-23(24)10-8-18(25)15-16-6-4-7-17(22)14-16/h3-7,14,18,25H,1,8-13,15H2,2H3/b19-5-. The van der Waals surface area contributed by atoms with Gasteiger partial charge in [0.25, 0.3) is 0 Å². The van der Waals surface area contributed by atoms with Crippen molar-refractivity contribution in [2.45, 2.75) is 25.4 Å². The Hall–Kier alpha value is -1.56. The highest BCUT2D eigenvalue weighted by atomic mass is 127. The van der Waals surface area contributed by atoms with Crippen LogP contribution in [0.5, 0.6) is 0 Å². The second kappa shape index (κ2) is 13.0. The summed E-state index contributed by atoms with van der Waals surface area (Å²) in [5.41, 5.74) is 1.09. The second-order valence-electron chi connectivity index (χ2n) is 6.64. The first kappa shape index (κ1) is 24.7. The molecule has 1 fully saturated rings. The summed E-state index contributed by atoms with van der Waals surface area (Å²) >= 11 is 3.23. The van der Waals surface area contributed by atoms with Gasteiger partial charge in [-0.2, -0.15) is 0 Å². The number of methoxy groups -OCH3 is 1. The molecule has 0 saturated carbocycles. The van der Waals surface area contributed by atoms with Crippen molar-refractivity contribution in [3.8, 4) is 0 Å². The van der Waals surface area contributed by atoms with E-state index in [0.29, 0.717) is 45.5 Å². The van der Waals surface area contributed by atoms with Gasteiger partial charge >= 0.3 is 11.4 Å². The maximum absolute atomic E-state index is 12.3. The van der Waals surface area contributed by atoms with E-state index in [4.69, 9.17) is 4.74 Å². The SMILES string of the molecule is C=C/C=C(/CCN1C(=O)OCCN1CCC(O)Cc1cccc(I)c1)SC(=O)OC. The summed E-state index contributed by atoms with van der Waals surface area (Å²) in [5, 5.41) is 13.5. The van der Waals surface area contributed by atoms with E-state index in [1.165, 1.54) is 12.1 Å². The number of amides is 1. The number of nitrogens with zero attached hydrogens (tertiary/aromatic N) is 2. The van der Waals surface area contributed by atoms with Gasteiger partial charge in [0.1, 0.15) is 6.61 Å². The third-order valence-electron chi connectivity index (χ3n) is 4.46. The van der Waals surface area contributed by atoms with Crippen LogP contribution in [0, 0.1) is 3.57 Å². The number of ether oxygens (including phenoxy) is 2. The summed E-state index contributed by atoms with van der Waals surface area (Å²) in [4.78, 5) is 24.6. The lowest BCUT2D eigenvalue weighted by Crippen LogP contribution is -2.53. The predicted molar refractivity (Wildman–Crippen MR) is 126 cm³/mol. The number of halogens is 1. The van der Waals surface area contributed by atoms with Crippen LogP contribution in [-0.4, -0.2) is 66.0 Å². The quantitative estimate of drug-likeness (QED) is 0.268. The minimum absolute atomic E-state index is 0.314. The van der Waals surface area contributed by atoms with Crippen LogP contribution in [0.2, 0.25) is 0 Å². The Bertz CT molecular complexity index is 774. The van der Waals surface area contributed by atoms with Gasteiger partial charge in [0.05, 0.1) is 19.8 Å². The maximum Gasteiger partial charge on any atom is 0.424 e. The number of aliphatic hydroxyl groups excluding tert-OH is 1. The van der Waals surface area contributed by atoms with Gasteiger partial charge in [-0.25, -0.2) is 19.6 Å². The highest BCUT2D eigenvalue weighted by molar-refractivity contribution is 14.1. The summed E-state index contributed by atoms with van der Waals surface area (Å²) in [6.07, 6.45) is 3.95. The first-order chi connectivity index (χ1) is 14.4. The normalized spacial score (nSPS) is 16.2. The minimum atomic E-state index is -0.505. The van der Waals surface area contributed by atoms with Crippen molar-refractivity contribution >= 4 is 45.7 Å². The predicted octanol–water partition coefficient (Wildman–Crippen LogP) is 4.21. The van der Waals surface area contributed by atoms with Crippen LogP contribution < -0.4 is 0 Å². The van der Waals surface area contributed by atoms with Gasteiger partial charge in [0.2, 0.25) is 0 Å². The third-order valence-corrected chi connectivity index (χ3v) is 6.07. The molecule has 164 valence electrons. The number of thioether (sulfide) groups is 1. The molecule has 1 aromatic rings. The molecule has 0 aromatic heterocycles. The van der Waals surface area contributed by atoms with Crippen molar-refractivity contribution in [1.29, 1.82) is 0 Å². The van der Waals surface area contributed by atoms with E-state index in [2.05, 4.69) is 40.0 Å². The molecule has 1 aliphatic heterocycles. The highest BCUT2D eigenvalue weighted by Gasteiger charge is 2.28. The van der Waals surface area contributed by atoms with Gasteiger partial charge in [-0.1, -0.05) is 30.9 Å². The Morgan fingerprint density at radius 2 is 2.27 bits per heavy atom. The number of cyclic esters (lactones) is 1. The van der Waals surface area contributed by atoms with E-state index in [-0.39, 0.29) is 0 Å². The molecule has 1 amide bonds. The lowest BCUT2D eigenvalue weighted by Gasteiger charge is -2.38. The summed E-state index contributed by atoms with van der Waals surface area (Å²) in [6.45, 7) is 5.43. The Balaban J connectivity index is 1.91. The number of aliphatic hydroxyl groups is 1. The molecule has 0 spiro atoms. The second-order valence-corrected chi connectivity index (χ2v) is 8.95. The lowest BCUT2D eigenvalue weighted by molar-refractivity contribution is -0.0721. The van der Waals surface area contributed by atoms with Crippen LogP contribution in [0.15, 0.2) is 47.9 Å². The van der Waals surface area contributed by atoms with Crippen LogP contribution in [0.1, 0.15) is 18.4 Å². The fourth-order valence-electron chi connectivity index (χ4n) is 3.01. The zero-order chi connectivity index (χ0) is 21.9. The molecule has 2 rings (SSSR count). The number of rotatable bonds is 10. The van der Waals surface area contributed by atoms with Gasteiger partial charge in [0, 0.05) is 16.7 Å². The van der Waals surface area contributed by atoms with E-state index >= 15 is 0 Å². The Morgan fingerprint density at radius 1 is 1.47 bits per heavy atom. The van der Waals surface area contributed by atoms with Gasteiger partial charge in [-0.15, -0.1) is 0 Å². The van der Waals surface area contributed by atoms with Crippen molar-refractivity contribution in [1.82, 2.24) is 10.0 Å². The van der Waals surface area contributed by atoms with Crippen molar-refractivity contribution in [3.05, 3.63) is 57.0 Å². The summed E-state index contributed by atoms with van der Waals surface area (Å²) in [7, 11) is 1.33. The Kier molecular flexibility index (Phi) is 10.7. The molecule has 30 heavy (non-hydrogen) atoms. The Morgan fingerprint density at radius 3 is 2.97 bits per heavy atom. The monoisotopic (exact) mass is 546 g/mol. The van der Waals surface area contributed by atoms with Gasteiger partial charge in [0.15, 0.2) is 0 Å². The molecule has 1 aromatic carbocycles. The number of allylic oxidation sites excluding steroid dienone is 2. The van der Waals surface area contributed by atoms with Crippen molar-refractivity contribution in [2.24, 2.45) is 0 Å². The van der Waals surface area contributed by atoms with Crippen molar-refractivity contribution in [2.75, 3.05) is 33.4 Å². The average Bonchev–Trinajstić information content (AvgIpc) is 2.71. The van der Waals surface area contributed by atoms with Crippen molar-refractivity contribution < 1.29 is 24.2 Å². The number of benzene rings is 1. The van der Waals surface area contributed by atoms with Crippen LogP contribution in [-0.2, 0) is 15.9 Å². The van der Waals surface area contributed by atoms with Crippen LogP contribution in [0.4, 0.5) is 9.59 Å². The van der Waals surface area contributed by atoms with Crippen LogP contribution in [0.3, 0.4) is 0 Å². The van der Waals surface area contributed by atoms with E-state index in [1.54, 1.807) is 12.2 Å². The highest BCUT2D eigenvalue weighted by Crippen LogP contribution is 2.23. The molecule has 0 aliphatic carbocycles. The number of hydrazine groups is 1. The number of hydrogen-bond donors (Lipinski definition) is 1. The van der Waals surface area contributed by atoms with E-state index < -0.39 is 17.5 Å². The summed E-state index contributed by atoms with van der Waals surface area (Å²) in [5.74, 6) is 0. The topological polar surface area (TPSA) is 79.3 Å². The first-order valence-corrected chi connectivity index (χ1v) is 11.5. The fourth-order valence-corrected chi connectivity index (χ4v) is 4.28. The van der Waals surface area contributed by atoms with E-state index in [0.717, 1.165) is 25.8 Å². The average molecular weight is 546 g/mol. The minimum Gasteiger partial charge on any atom is -0.461 e. The molecule has 1 unspecified atom stereocenters. The molecular weight excluding hydrogens is 519 g/mol. The summed E-state index contributed by atoms with van der Waals surface area (Å²) < 4.78 is 11.0. The fraction of sp³-hybridized carbons (Fsp3) is 0.429. The van der Waals surface area contributed by atoms with Crippen molar-refractivity contribution in [3.63, 3.8) is 0 Å². The largest absolute Gasteiger partial charge is 0.461 e. The molecular formula is C21H27IN2O5S. The third kappa shape index (κ3) is 8.29. The molecule has 1 aliphatic rings. The van der Waals surface area contributed by atoms with Gasteiger partial charge in [-0.05, 0) is 76.2 Å². The number of carbonyl (C=O) groups is 2. The van der Waals surface area contributed by atoms with Gasteiger partial charge in [-0.3, -0.25) is 0 Å². The van der Waals surface area contributed by atoms with Crippen LogP contribution in [0.25, 0.3) is 0 Å². The molecule has 9 heteroatoms. The van der Waals surface area contributed by atoms with E-state index in [1.807, 2.05) is 23.2 Å². The zero-order valence-electron chi connectivity index (χ0n) is 17.0. The van der Waals surface area contributed by atoms with Crippen LogP contribution >= 0.6 is 34.4 Å².